The highest BCUT2D eigenvalue weighted by Crippen LogP contribution is 2.19. The molecule has 0 fully saturated rings. The minimum Gasteiger partial charge on any atom is -0.457 e. The fourth-order valence-electron chi connectivity index (χ4n) is 1.23. The van der Waals surface area contributed by atoms with Crippen LogP contribution in [0.5, 0.6) is 11.5 Å². The molecule has 2 rings (SSSR count). The molecular formula is C14H18BNOS. The van der Waals surface area contributed by atoms with Crippen LogP contribution in [0.1, 0.15) is 0 Å². The number of ether oxygens (including phenoxy) is 1. The smallest absolute Gasteiger partial charge is 0.173 e. The lowest BCUT2D eigenvalue weighted by molar-refractivity contribution is 0.482. The summed E-state index contributed by atoms with van der Waals surface area (Å²) in [5.41, 5.74) is 5.12. The van der Waals surface area contributed by atoms with Crippen molar-refractivity contribution in [2.24, 2.45) is 5.73 Å². The second-order valence-electron chi connectivity index (χ2n) is 3.51. The van der Waals surface area contributed by atoms with Crippen LogP contribution < -0.4 is 10.5 Å². The van der Waals surface area contributed by atoms with Crippen molar-refractivity contribution in [2.45, 2.75) is 0 Å². The molecule has 0 aliphatic carbocycles. The van der Waals surface area contributed by atoms with Crippen molar-refractivity contribution in [2.75, 3.05) is 12.3 Å². The molecule has 2 aromatic carbocycles. The van der Waals surface area contributed by atoms with Crippen molar-refractivity contribution in [1.29, 1.82) is 0 Å². The maximum absolute atomic E-state index is 5.58. The molecule has 0 saturated heterocycles. The Kier molecular flexibility index (Phi) is 7.85. The third kappa shape index (κ3) is 6.37. The van der Waals surface area contributed by atoms with E-state index in [1.807, 2.05) is 67.8 Å². The van der Waals surface area contributed by atoms with Gasteiger partial charge in [0.05, 0.1) is 0 Å². The van der Waals surface area contributed by atoms with Crippen LogP contribution in [0.4, 0.5) is 0 Å². The lowest BCUT2D eigenvalue weighted by Gasteiger charge is -2.03. The number of hydrogen-bond donors (Lipinski definition) is 1. The molecule has 2 nitrogen and oxygen atoms in total. The first-order valence-electron chi connectivity index (χ1n) is 5.83. The summed E-state index contributed by atoms with van der Waals surface area (Å²) in [4.78, 5) is 0. The van der Waals surface area contributed by atoms with Crippen LogP contribution in [-0.2, 0) is 0 Å². The maximum atomic E-state index is 5.58. The van der Waals surface area contributed by atoms with Gasteiger partial charge < -0.3 is 10.5 Å². The average Bonchev–Trinajstić information content (AvgIpc) is 2.43. The summed E-state index contributed by atoms with van der Waals surface area (Å²) in [6.07, 6.45) is 0. The number of benzene rings is 2. The highest BCUT2D eigenvalue weighted by molar-refractivity contribution is 8.19. The summed E-state index contributed by atoms with van der Waals surface area (Å²) in [5, 5.41) is 0. The van der Waals surface area contributed by atoms with Gasteiger partial charge in [0, 0.05) is 6.54 Å². The van der Waals surface area contributed by atoms with Gasteiger partial charge in [0.2, 0.25) is 0 Å². The SMILES string of the molecule is BSCCN.c1ccc(Oc2ccccc2)cc1. The number of nitrogens with two attached hydrogens (primary N) is 1. The molecule has 0 bridgehead atoms. The lowest BCUT2D eigenvalue weighted by Crippen LogP contribution is -2.00. The Morgan fingerprint density at radius 3 is 1.61 bits per heavy atom. The summed E-state index contributed by atoms with van der Waals surface area (Å²) in [6.45, 7) is 0.807. The van der Waals surface area contributed by atoms with Crippen molar-refractivity contribution >= 4 is 18.7 Å². The molecule has 18 heavy (non-hydrogen) atoms. The predicted molar refractivity (Wildman–Crippen MR) is 83.0 cm³/mol. The molecule has 0 atom stereocenters. The Hall–Kier alpha value is -1.39. The van der Waals surface area contributed by atoms with Crippen molar-refractivity contribution in [1.82, 2.24) is 0 Å². The van der Waals surface area contributed by atoms with Gasteiger partial charge in [-0.25, -0.2) is 11.6 Å². The van der Waals surface area contributed by atoms with Gasteiger partial charge >= 0.3 is 0 Å². The van der Waals surface area contributed by atoms with E-state index in [1.165, 1.54) is 0 Å². The summed E-state index contributed by atoms with van der Waals surface area (Å²) in [7, 11) is 2.05. The molecule has 2 N–H and O–H groups in total. The molecule has 0 amide bonds. The molecular weight excluding hydrogens is 241 g/mol. The van der Waals surface area contributed by atoms with Crippen LogP contribution in [0.2, 0.25) is 0 Å². The van der Waals surface area contributed by atoms with Crippen LogP contribution in [0.25, 0.3) is 0 Å². The van der Waals surface area contributed by atoms with Crippen molar-refractivity contribution in [3.63, 3.8) is 0 Å². The van der Waals surface area contributed by atoms with Gasteiger partial charge in [0.25, 0.3) is 0 Å². The summed E-state index contributed by atoms with van der Waals surface area (Å²) in [6, 6.07) is 19.5. The van der Waals surface area contributed by atoms with Crippen molar-refractivity contribution < 1.29 is 4.74 Å². The zero-order chi connectivity index (χ0) is 13.1. The Morgan fingerprint density at radius 1 is 0.889 bits per heavy atom. The molecule has 0 unspecified atom stereocenters. The molecule has 0 spiro atoms. The average molecular weight is 259 g/mol. The van der Waals surface area contributed by atoms with Gasteiger partial charge in [-0.05, 0) is 30.0 Å². The largest absolute Gasteiger partial charge is 0.457 e. The van der Waals surface area contributed by atoms with Gasteiger partial charge in [-0.3, -0.25) is 0 Å². The number of hydrogen-bond acceptors (Lipinski definition) is 3. The summed E-state index contributed by atoms with van der Waals surface area (Å²) >= 11 is 1.78. The zero-order valence-corrected chi connectivity index (χ0v) is 11.4. The minimum atomic E-state index is 0.807. The van der Waals surface area contributed by atoms with E-state index in [9.17, 15) is 0 Å². The van der Waals surface area contributed by atoms with Crippen molar-refractivity contribution in [3.8, 4) is 11.5 Å². The highest BCUT2D eigenvalue weighted by Gasteiger charge is 1.92. The topological polar surface area (TPSA) is 35.2 Å². The van der Waals surface area contributed by atoms with E-state index in [0.29, 0.717) is 0 Å². The Balaban J connectivity index is 0.000000280. The van der Waals surface area contributed by atoms with Gasteiger partial charge in [-0.2, -0.15) is 0 Å². The fraction of sp³-hybridized carbons (Fsp3) is 0.143. The number of para-hydroxylation sites is 2. The molecule has 0 radical (unpaired) electrons. The van der Waals surface area contributed by atoms with E-state index < -0.39 is 0 Å². The van der Waals surface area contributed by atoms with E-state index >= 15 is 0 Å². The monoisotopic (exact) mass is 259 g/mol. The molecule has 4 heteroatoms. The molecule has 0 saturated carbocycles. The molecule has 0 heterocycles. The van der Waals surface area contributed by atoms with E-state index in [2.05, 4.69) is 0 Å². The zero-order valence-electron chi connectivity index (χ0n) is 10.6. The second-order valence-corrected chi connectivity index (χ2v) is 4.50. The Labute approximate surface area is 114 Å². The van der Waals surface area contributed by atoms with Crippen LogP contribution in [0, 0.1) is 0 Å². The molecule has 2 aromatic rings. The predicted octanol–water partition coefficient (Wildman–Crippen LogP) is 2.71. The normalized spacial score (nSPS) is 9.17. The first-order valence-corrected chi connectivity index (χ1v) is 7.23. The number of rotatable bonds is 4. The third-order valence-corrected chi connectivity index (χ3v) is 2.69. The third-order valence-electron chi connectivity index (χ3n) is 2.04. The van der Waals surface area contributed by atoms with Gasteiger partial charge in [-0.1, -0.05) is 36.4 Å². The molecule has 94 valence electrons. The highest BCUT2D eigenvalue weighted by atomic mass is 32.2. The van der Waals surface area contributed by atoms with Crippen LogP contribution in [0.15, 0.2) is 60.7 Å². The van der Waals surface area contributed by atoms with Crippen LogP contribution >= 0.6 is 11.6 Å². The van der Waals surface area contributed by atoms with Gasteiger partial charge in [0.15, 0.2) is 7.12 Å². The van der Waals surface area contributed by atoms with E-state index in [-0.39, 0.29) is 0 Å². The van der Waals surface area contributed by atoms with Crippen LogP contribution in [0.3, 0.4) is 0 Å². The van der Waals surface area contributed by atoms with Gasteiger partial charge in [0.1, 0.15) is 11.5 Å². The maximum Gasteiger partial charge on any atom is 0.173 e. The second kappa shape index (κ2) is 9.63. The minimum absolute atomic E-state index is 0.807. The van der Waals surface area contributed by atoms with E-state index in [4.69, 9.17) is 10.5 Å². The summed E-state index contributed by atoms with van der Waals surface area (Å²) < 4.78 is 5.58. The van der Waals surface area contributed by atoms with Crippen molar-refractivity contribution in [3.05, 3.63) is 60.7 Å². The standard InChI is InChI=1S/C12H10O.C2H8BNS/c1-3-7-11(8-4-1)13-12-9-5-2-6-10-12;3-5-2-1-4/h1-10H;1-4H2. The van der Waals surface area contributed by atoms with Gasteiger partial charge in [-0.15, -0.1) is 0 Å². The Morgan fingerprint density at radius 2 is 1.33 bits per heavy atom. The quantitative estimate of drug-likeness (QED) is 0.857. The van der Waals surface area contributed by atoms with E-state index in [1.54, 1.807) is 11.6 Å². The molecule has 0 aliphatic heterocycles. The first-order chi connectivity index (χ1) is 8.86. The molecule has 0 aliphatic rings. The molecule has 0 aromatic heterocycles. The van der Waals surface area contributed by atoms with E-state index in [0.717, 1.165) is 23.8 Å². The van der Waals surface area contributed by atoms with Crippen LogP contribution in [-0.4, -0.2) is 19.4 Å². The Bertz CT molecular complexity index is 371. The lowest BCUT2D eigenvalue weighted by atomic mass is 10.3. The summed E-state index contributed by atoms with van der Waals surface area (Å²) in [5.74, 6) is 2.82. The fourth-order valence-corrected chi connectivity index (χ4v) is 1.47. The first kappa shape index (κ1) is 14.7.